The first kappa shape index (κ1) is 41.0. The highest BCUT2D eigenvalue weighted by molar-refractivity contribution is 6.01. The molecule has 54 heavy (non-hydrogen) atoms. The van der Waals surface area contributed by atoms with Crippen LogP contribution < -0.4 is 9.47 Å². The molecule has 2 aromatic rings. The van der Waals surface area contributed by atoms with Crippen molar-refractivity contribution in [1.82, 2.24) is 19.8 Å². The molecule has 6 heterocycles. The van der Waals surface area contributed by atoms with Crippen molar-refractivity contribution in [3.8, 4) is 11.5 Å². The largest absolute Gasteiger partial charge is 0.482 e. The molecule has 4 aliphatic rings. The minimum Gasteiger partial charge on any atom is -0.482 e. The summed E-state index contributed by atoms with van der Waals surface area (Å²) in [6, 6.07) is 3.72. The number of carbonyl (C=O) groups excluding carboxylic acids is 4. The average Bonchev–Trinajstić information content (AvgIpc) is 3.59. The Balaban J connectivity index is 0.000000208. The quantitative estimate of drug-likeness (QED) is 0.297. The van der Waals surface area contributed by atoms with Gasteiger partial charge in [0.25, 0.3) is 0 Å². The van der Waals surface area contributed by atoms with Crippen molar-refractivity contribution in [3.05, 3.63) is 47.0 Å². The van der Waals surface area contributed by atoms with Gasteiger partial charge in [-0.05, 0) is 77.3 Å². The van der Waals surface area contributed by atoms with Crippen molar-refractivity contribution in [2.45, 2.75) is 144 Å². The van der Waals surface area contributed by atoms with Crippen LogP contribution >= 0.6 is 0 Å². The number of likely N-dealkylation sites (tertiary alicyclic amines) is 2. The number of fused-ring (bicyclic) bond motifs is 2. The fourth-order valence-corrected chi connectivity index (χ4v) is 7.27. The van der Waals surface area contributed by atoms with Crippen molar-refractivity contribution in [3.63, 3.8) is 0 Å². The molecule has 2 aromatic heterocycles. The van der Waals surface area contributed by atoms with E-state index in [0.29, 0.717) is 61.6 Å². The summed E-state index contributed by atoms with van der Waals surface area (Å²) in [4.78, 5) is 62.6. The lowest BCUT2D eigenvalue weighted by molar-refractivity contribution is 0.0168. The van der Waals surface area contributed by atoms with E-state index < -0.39 is 22.4 Å². The standard InChI is InChI=1S/2C21H30N2O4/c2*1-19(2,3)10-14-9-15-16(24)11-21(26-17(15)12-22-14)7-8-23(13-21)18(25)27-20(4,5)6/h2*9,12H,7-8,10-11,13H2,1-6H3/t2*21-/m10/s1. The molecule has 6 rings (SSSR count). The molecule has 296 valence electrons. The summed E-state index contributed by atoms with van der Waals surface area (Å²) < 4.78 is 23.3. The lowest BCUT2D eigenvalue weighted by Crippen LogP contribution is -2.46. The van der Waals surface area contributed by atoms with Crippen molar-refractivity contribution in [2.24, 2.45) is 10.8 Å². The van der Waals surface area contributed by atoms with Gasteiger partial charge in [0.15, 0.2) is 11.6 Å². The highest BCUT2D eigenvalue weighted by Crippen LogP contribution is 2.41. The number of aromatic nitrogens is 2. The van der Waals surface area contributed by atoms with Crippen LogP contribution in [0.4, 0.5) is 9.59 Å². The number of hydrogen-bond acceptors (Lipinski definition) is 10. The topological polar surface area (TPSA) is 137 Å². The zero-order valence-corrected chi connectivity index (χ0v) is 34.4. The van der Waals surface area contributed by atoms with Crippen LogP contribution in [-0.4, -0.2) is 92.1 Å². The first-order chi connectivity index (χ1) is 24.7. The summed E-state index contributed by atoms with van der Waals surface area (Å²) in [6.07, 6.45) is 5.96. The molecule has 2 fully saturated rings. The van der Waals surface area contributed by atoms with E-state index in [4.69, 9.17) is 18.9 Å². The Kier molecular flexibility index (Phi) is 11.0. The van der Waals surface area contributed by atoms with Gasteiger partial charge in [-0.15, -0.1) is 0 Å². The van der Waals surface area contributed by atoms with E-state index in [9.17, 15) is 19.2 Å². The molecular formula is C42H60N4O8. The smallest absolute Gasteiger partial charge is 0.410 e. The Labute approximate surface area is 320 Å². The number of amides is 2. The predicted octanol–water partition coefficient (Wildman–Crippen LogP) is 8.03. The van der Waals surface area contributed by atoms with Crippen molar-refractivity contribution >= 4 is 23.8 Å². The zero-order valence-electron chi connectivity index (χ0n) is 34.4. The monoisotopic (exact) mass is 748 g/mol. The van der Waals surface area contributed by atoms with Gasteiger partial charge in [0.1, 0.15) is 33.9 Å². The van der Waals surface area contributed by atoms with E-state index in [1.54, 1.807) is 22.2 Å². The second-order valence-corrected chi connectivity index (χ2v) is 19.9. The molecule has 0 saturated carbocycles. The van der Waals surface area contributed by atoms with Crippen LogP contribution in [-0.2, 0) is 22.3 Å². The van der Waals surface area contributed by atoms with Crippen LogP contribution in [0.2, 0.25) is 0 Å². The minimum atomic E-state index is -0.672. The Morgan fingerprint density at radius 3 is 1.31 bits per heavy atom. The third kappa shape index (κ3) is 10.5. The molecule has 12 heteroatoms. The Morgan fingerprint density at radius 1 is 0.648 bits per heavy atom. The third-order valence-corrected chi connectivity index (χ3v) is 9.43. The molecule has 12 nitrogen and oxygen atoms in total. The van der Waals surface area contributed by atoms with E-state index in [1.165, 1.54) is 0 Å². The van der Waals surface area contributed by atoms with Crippen LogP contribution in [0.1, 0.15) is 141 Å². The van der Waals surface area contributed by atoms with Gasteiger partial charge in [-0.25, -0.2) is 9.59 Å². The minimum absolute atomic E-state index is 0.0554. The molecule has 0 aromatic carbocycles. The molecule has 0 unspecified atom stereocenters. The number of ketones is 2. The number of carbonyl (C=O) groups is 4. The van der Waals surface area contributed by atoms with Crippen LogP contribution in [0.25, 0.3) is 0 Å². The molecule has 2 atom stereocenters. The Hall–Kier alpha value is -4.22. The van der Waals surface area contributed by atoms with Gasteiger partial charge in [-0.1, -0.05) is 41.5 Å². The lowest BCUT2D eigenvalue weighted by Gasteiger charge is -2.34. The summed E-state index contributed by atoms with van der Waals surface area (Å²) in [5, 5.41) is 0. The van der Waals surface area contributed by atoms with Crippen LogP contribution in [0.5, 0.6) is 11.5 Å². The van der Waals surface area contributed by atoms with E-state index in [-0.39, 0.29) is 47.4 Å². The SMILES string of the molecule is CC(C)(C)Cc1cc2c(cn1)O[C@@]1(CCN(C(=O)OC(C)(C)C)C1)CC2=O.CC(C)(C)Cc1cc2c(cn1)O[C@]1(CCN(C(=O)OC(C)(C)C)C1)CC2=O. The highest BCUT2D eigenvalue weighted by Gasteiger charge is 2.49. The molecule has 0 N–H and O–H groups in total. The summed E-state index contributed by atoms with van der Waals surface area (Å²) in [6.45, 7) is 25.7. The van der Waals surface area contributed by atoms with Gasteiger partial charge in [0, 0.05) is 37.3 Å². The van der Waals surface area contributed by atoms with Crippen molar-refractivity contribution < 1.29 is 38.1 Å². The van der Waals surface area contributed by atoms with Gasteiger partial charge in [0.2, 0.25) is 0 Å². The van der Waals surface area contributed by atoms with E-state index in [2.05, 4.69) is 51.5 Å². The number of pyridine rings is 2. The first-order valence-electron chi connectivity index (χ1n) is 19.1. The first-order valence-corrected chi connectivity index (χ1v) is 19.1. The molecular weight excluding hydrogens is 688 g/mol. The molecule has 2 spiro atoms. The maximum atomic E-state index is 12.8. The summed E-state index contributed by atoms with van der Waals surface area (Å²) in [5.41, 5.74) is 0.762. The maximum absolute atomic E-state index is 12.8. The normalized spacial score (nSPS) is 22.6. The van der Waals surface area contributed by atoms with E-state index in [0.717, 1.165) is 24.2 Å². The number of rotatable bonds is 2. The summed E-state index contributed by atoms with van der Waals surface area (Å²) in [7, 11) is 0. The third-order valence-electron chi connectivity index (χ3n) is 9.43. The number of hydrogen-bond donors (Lipinski definition) is 0. The Bertz CT molecular complexity index is 1650. The molecule has 2 saturated heterocycles. The van der Waals surface area contributed by atoms with Gasteiger partial charge in [-0.3, -0.25) is 19.6 Å². The molecule has 0 aliphatic carbocycles. The second-order valence-electron chi connectivity index (χ2n) is 19.9. The number of Topliss-reactive ketones (excluding diaryl/α,β-unsaturated/α-hetero) is 2. The van der Waals surface area contributed by atoms with Crippen molar-refractivity contribution in [1.29, 1.82) is 0 Å². The fourth-order valence-electron chi connectivity index (χ4n) is 7.27. The molecule has 0 bridgehead atoms. The van der Waals surface area contributed by atoms with E-state index in [1.807, 2.05) is 53.7 Å². The summed E-state index contributed by atoms with van der Waals surface area (Å²) >= 11 is 0. The van der Waals surface area contributed by atoms with Gasteiger partial charge < -0.3 is 28.7 Å². The zero-order chi connectivity index (χ0) is 40.1. The van der Waals surface area contributed by atoms with Gasteiger partial charge in [0.05, 0.1) is 49.5 Å². The van der Waals surface area contributed by atoms with Gasteiger partial charge in [-0.2, -0.15) is 0 Å². The number of nitrogens with zero attached hydrogens (tertiary/aromatic N) is 4. The van der Waals surface area contributed by atoms with Gasteiger partial charge >= 0.3 is 12.2 Å². The van der Waals surface area contributed by atoms with Crippen LogP contribution in [0, 0.1) is 10.8 Å². The fraction of sp³-hybridized carbons (Fsp3) is 0.667. The Morgan fingerprint density at radius 2 is 1.00 bits per heavy atom. The second kappa shape index (κ2) is 14.5. The van der Waals surface area contributed by atoms with Crippen LogP contribution in [0.15, 0.2) is 24.5 Å². The molecule has 2 amide bonds. The average molecular weight is 749 g/mol. The summed E-state index contributed by atoms with van der Waals surface area (Å²) in [5.74, 6) is 1.16. The molecule has 4 aliphatic heterocycles. The maximum Gasteiger partial charge on any atom is 0.410 e. The highest BCUT2D eigenvalue weighted by atomic mass is 16.6. The van der Waals surface area contributed by atoms with E-state index >= 15 is 0 Å². The van der Waals surface area contributed by atoms with Crippen molar-refractivity contribution in [2.75, 3.05) is 26.2 Å². The molecule has 0 radical (unpaired) electrons. The lowest BCUT2D eigenvalue weighted by atomic mass is 9.87. The number of ether oxygens (including phenoxy) is 4. The predicted molar refractivity (Wildman–Crippen MR) is 204 cm³/mol. The van der Waals surface area contributed by atoms with Crippen LogP contribution in [0.3, 0.4) is 0 Å².